The van der Waals surface area contributed by atoms with Crippen molar-refractivity contribution >= 4 is 11.7 Å². The molecule has 5 heteroatoms. The summed E-state index contributed by atoms with van der Waals surface area (Å²) in [5.41, 5.74) is 0. The average Bonchev–Trinajstić information content (AvgIpc) is 2.64. The molecule has 3 rings (SSSR count). The Morgan fingerprint density at radius 2 is 1.96 bits per heavy atom. The number of nitrogens with one attached hydrogen (secondary N) is 1. The Labute approximate surface area is 145 Å². The van der Waals surface area contributed by atoms with Gasteiger partial charge in [-0.1, -0.05) is 25.8 Å². The van der Waals surface area contributed by atoms with Crippen LogP contribution in [0.3, 0.4) is 0 Å². The number of nitrogens with zero attached hydrogens (tertiary/aromatic N) is 3. The van der Waals surface area contributed by atoms with Crippen LogP contribution in [0.5, 0.6) is 0 Å². The van der Waals surface area contributed by atoms with E-state index in [0.29, 0.717) is 12.0 Å². The monoisotopic (exact) mass is 330 g/mol. The molecule has 1 aliphatic carbocycles. The number of carbonyl (C=O) groups excluding carboxylic acids is 1. The molecule has 3 atom stereocenters. The number of pyridine rings is 1. The molecule has 1 N–H and O–H groups in total. The van der Waals surface area contributed by atoms with E-state index < -0.39 is 0 Å². The maximum Gasteiger partial charge on any atom is 0.237 e. The van der Waals surface area contributed by atoms with Gasteiger partial charge >= 0.3 is 0 Å². The van der Waals surface area contributed by atoms with E-state index in [9.17, 15) is 4.79 Å². The van der Waals surface area contributed by atoms with Crippen LogP contribution in [-0.4, -0.2) is 54.1 Å². The Hall–Kier alpha value is -1.62. The summed E-state index contributed by atoms with van der Waals surface area (Å²) in [4.78, 5) is 21.6. The number of rotatable bonds is 4. The van der Waals surface area contributed by atoms with Gasteiger partial charge in [-0.25, -0.2) is 4.98 Å². The summed E-state index contributed by atoms with van der Waals surface area (Å²) in [7, 11) is 0. The van der Waals surface area contributed by atoms with Crippen molar-refractivity contribution in [2.75, 3.05) is 31.1 Å². The fourth-order valence-electron chi connectivity index (χ4n) is 3.88. The zero-order valence-electron chi connectivity index (χ0n) is 14.9. The molecule has 0 bridgehead atoms. The van der Waals surface area contributed by atoms with Crippen molar-refractivity contribution in [2.24, 2.45) is 5.92 Å². The Kier molecular flexibility index (Phi) is 5.72. The average molecular weight is 330 g/mol. The van der Waals surface area contributed by atoms with Crippen molar-refractivity contribution in [2.45, 2.75) is 51.6 Å². The number of hydrogen-bond donors (Lipinski definition) is 1. The molecule has 2 heterocycles. The highest BCUT2D eigenvalue weighted by molar-refractivity contribution is 5.81. The minimum Gasteiger partial charge on any atom is -0.354 e. The fraction of sp³-hybridized carbons (Fsp3) is 0.684. The van der Waals surface area contributed by atoms with E-state index in [1.54, 1.807) is 0 Å². The van der Waals surface area contributed by atoms with E-state index in [0.717, 1.165) is 38.4 Å². The van der Waals surface area contributed by atoms with Crippen LogP contribution in [0.2, 0.25) is 0 Å². The Morgan fingerprint density at radius 1 is 1.21 bits per heavy atom. The molecule has 24 heavy (non-hydrogen) atoms. The van der Waals surface area contributed by atoms with E-state index in [-0.39, 0.29) is 11.9 Å². The standard InChI is InChI=1S/C19H30N4O/c1-15-7-3-4-8-17(15)21-19(24)16(2)22-11-13-23(14-12-22)18-9-5-6-10-20-18/h5-6,9-10,15-17H,3-4,7-8,11-14H2,1-2H3,(H,21,24)/t15-,16+,17-/m0/s1. The van der Waals surface area contributed by atoms with Crippen LogP contribution in [0.25, 0.3) is 0 Å². The molecule has 2 aliphatic rings. The lowest BCUT2D eigenvalue weighted by atomic mass is 9.86. The summed E-state index contributed by atoms with van der Waals surface area (Å²) >= 11 is 0. The second kappa shape index (κ2) is 7.97. The molecule has 1 saturated carbocycles. The minimum atomic E-state index is -0.0509. The van der Waals surface area contributed by atoms with Gasteiger partial charge in [0.15, 0.2) is 0 Å². The van der Waals surface area contributed by atoms with Crippen molar-refractivity contribution < 1.29 is 4.79 Å². The molecule has 1 aliphatic heterocycles. The molecular formula is C19H30N4O. The molecule has 2 fully saturated rings. The topological polar surface area (TPSA) is 48.5 Å². The van der Waals surface area contributed by atoms with Crippen LogP contribution < -0.4 is 10.2 Å². The van der Waals surface area contributed by atoms with Crippen molar-refractivity contribution in [3.05, 3.63) is 24.4 Å². The van der Waals surface area contributed by atoms with Gasteiger partial charge in [0, 0.05) is 38.4 Å². The first-order valence-corrected chi connectivity index (χ1v) is 9.35. The largest absolute Gasteiger partial charge is 0.354 e. The van der Waals surface area contributed by atoms with Crippen LogP contribution in [0.15, 0.2) is 24.4 Å². The predicted octanol–water partition coefficient (Wildman–Crippen LogP) is 2.29. The molecule has 1 saturated heterocycles. The smallest absolute Gasteiger partial charge is 0.237 e. The van der Waals surface area contributed by atoms with Gasteiger partial charge in [-0.05, 0) is 37.8 Å². The summed E-state index contributed by atoms with van der Waals surface area (Å²) in [6.07, 6.45) is 6.75. The Bertz CT molecular complexity index is 527. The van der Waals surface area contributed by atoms with Gasteiger partial charge in [0.05, 0.1) is 6.04 Å². The maximum atomic E-state index is 12.6. The second-order valence-corrected chi connectivity index (χ2v) is 7.26. The van der Waals surface area contributed by atoms with Crippen LogP contribution in [0, 0.1) is 5.92 Å². The summed E-state index contributed by atoms with van der Waals surface area (Å²) in [6, 6.07) is 6.33. The van der Waals surface area contributed by atoms with Crippen molar-refractivity contribution in [1.29, 1.82) is 0 Å². The minimum absolute atomic E-state index is 0.0509. The zero-order valence-corrected chi connectivity index (χ0v) is 14.9. The van der Waals surface area contributed by atoms with Crippen LogP contribution in [0.1, 0.15) is 39.5 Å². The highest BCUT2D eigenvalue weighted by atomic mass is 16.2. The molecule has 0 aromatic carbocycles. The fourth-order valence-corrected chi connectivity index (χ4v) is 3.88. The third-order valence-electron chi connectivity index (χ3n) is 5.65. The predicted molar refractivity (Wildman–Crippen MR) is 97.0 cm³/mol. The molecule has 5 nitrogen and oxygen atoms in total. The Balaban J connectivity index is 1.49. The number of amides is 1. The number of anilines is 1. The normalized spacial score (nSPS) is 26.8. The zero-order chi connectivity index (χ0) is 16.9. The molecule has 0 spiro atoms. The van der Waals surface area contributed by atoms with Gasteiger partial charge in [-0.3, -0.25) is 9.69 Å². The summed E-state index contributed by atoms with van der Waals surface area (Å²) in [5.74, 6) is 1.83. The van der Waals surface area contributed by atoms with Crippen LogP contribution >= 0.6 is 0 Å². The highest BCUT2D eigenvalue weighted by Gasteiger charge is 2.29. The van der Waals surface area contributed by atoms with Gasteiger partial charge in [0.1, 0.15) is 5.82 Å². The molecule has 1 amide bonds. The molecule has 1 aromatic heterocycles. The lowest BCUT2D eigenvalue weighted by molar-refractivity contribution is -0.127. The molecule has 0 radical (unpaired) electrons. The number of piperazine rings is 1. The van der Waals surface area contributed by atoms with E-state index in [1.165, 1.54) is 19.3 Å². The van der Waals surface area contributed by atoms with Gasteiger partial charge in [0.2, 0.25) is 5.91 Å². The van der Waals surface area contributed by atoms with Gasteiger partial charge < -0.3 is 10.2 Å². The van der Waals surface area contributed by atoms with Gasteiger partial charge in [0.25, 0.3) is 0 Å². The highest BCUT2D eigenvalue weighted by Crippen LogP contribution is 2.24. The number of aromatic nitrogens is 1. The van der Waals surface area contributed by atoms with Crippen molar-refractivity contribution in [1.82, 2.24) is 15.2 Å². The molecule has 132 valence electrons. The van der Waals surface area contributed by atoms with E-state index in [1.807, 2.05) is 25.3 Å². The maximum absolute atomic E-state index is 12.6. The molecule has 1 aromatic rings. The van der Waals surface area contributed by atoms with Crippen molar-refractivity contribution in [3.8, 4) is 0 Å². The van der Waals surface area contributed by atoms with Gasteiger partial charge in [-0.2, -0.15) is 0 Å². The number of hydrogen-bond acceptors (Lipinski definition) is 4. The summed E-state index contributed by atoms with van der Waals surface area (Å²) in [5, 5.41) is 3.30. The van der Waals surface area contributed by atoms with E-state index in [2.05, 4.69) is 33.1 Å². The first-order chi connectivity index (χ1) is 11.6. The third-order valence-corrected chi connectivity index (χ3v) is 5.65. The number of carbonyl (C=O) groups is 1. The summed E-state index contributed by atoms with van der Waals surface area (Å²) < 4.78 is 0. The first kappa shape index (κ1) is 17.2. The van der Waals surface area contributed by atoms with E-state index >= 15 is 0 Å². The lowest BCUT2D eigenvalue weighted by Crippen LogP contribution is -2.56. The molecular weight excluding hydrogens is 300 g/mol. The lowest BCUT2D eigenvalue weighted by Gasteiger charge is -2.39. The van der Waals surface area contributed by atoms with E-state index in [4.69, 9.17) is 0 Å². The SMILES string of the molecule is C[C@H](C(=O)N[C@H]1CCCC[C@@H]1C)N1CCN(c2ccccn2)CC1. The van der Waals surface area contributed by atoms with Crippen LogP contribution in [-0.2, 0) is 4.79 Å². The van der Waals surface area contributed by atoms with Crippen molar-refractivity contribution in [3.63, 3.8) is 0 Å². The second-order valence-electron chi connectivity index (χ2n) is 7.26. The summed E-state index contributed by atoms with van der Waals surface area (Å²) in [6.45, 7) is 7.97. The quantitative estimate of drug-likeness (QED) is 0.920. The third kappa shape index (κ3) is 4.07. The Morgan fingerprint density at radius 3 is 2.62 bits per heavy atom. The first-order valence-electron chi connectivity index (χ1n) is 9.35. The van der Waals surface area contributed by atoms with Crippen LogP contribution in [0.4, 0.5) is 5.82 Å². The molecule has 0 unspecified atom stereocenters. The van der Waals surface area contributed by atoms with Gasteiger partial charge in [-0.15, -0.1) is 0 Å².